The molecular weight excluding hydrogens is 260 g/mol. The molecule has 2 N–H and O–H groups in total. The van der Waals surface area contributed by atoms with Crippen molar-refractivity contribution in [2.24, 2.45) is 0 Å². The molecule has 5 heteroatoms. The number of carbonyl (C=O) groups is 1. The van der Waals surface area contributed by atoms with Crippen LogP contribution in [0.2, 0.25) is 0 Å². The molecule has 0 aliphatic heterocycles. The number of ether oxygens (including phenoxy) is 2. The van der Waals surface area contributed by atoms with Crippen LogP contribution in [-0.2, 0) is 16.1 Å². The smallest absolute Gasteiger partial charge is 0.300 e. The van der Waals surface area contributed by atoms with Gasteiger partial charge in [0.25, 0.3) is 5.97 Å². The zero-order valence-corrected chi connectivity index (χ0v) is 12.4. The fraction of sp³-hybridized carbons (Fsp3) is 0.533. The number of rotatable bonds is 7. The van der Waals surface area contributed by atoms with Gasteiger partial charge in [0.1, 0.15) is 0 Å². The average Bonchev–Trinajstić information content (AvgIpc) is 2.39. The summed E-state index contributed by atoms with van der Waals surface area (Å²) < 4.78 is 10.5. The second-order valence-electron chi connectivity index (χ2n) is 4.28. The van der Waals surface area contributed by atoms with Crippen LogP contribution in [-0.4, -0.2) is 29.9 Å². The van der Waals surface area contributed by atoms with Crippen molar-refractivity contribution in [3.63, 3.8) is 0 Å². The van der Waals surface area contributed by atoms with Crippen molar-refractivity contribution in [1.29, 1.82) is 0 Å². The predicted octanol–water partition coefficient (Wildman–Crippen LogP) is 3.20. The highest BCUT2D eigenvalue weighted by Crippen LogP contribution is 2.26. The molecule has 0 saturated carbocycles. The molecule has 0 atom stereocenters. The molecule has 0 spiro atoms. The van der Waals surface area contributed by atoms with Crippen LogP contribution in [0.5, 0.6) is 11.5 Å². The first-order valence-corrected chi connectivity index (χ1v) is 6.64. The number of hydrogen-bond acceptors (Lipinski definition) is 4. The van der Waals surface area contributed by atoms with E-state index in [1.54, 1.807) is 19.2 Å². The Labute approximate surface area is 120 Å². The highest BCUT2D eigenvalue weighted by Gasteiger charge is 2.02. The average molecular weight is 284 g/mol. The van der Waals surface area contributed by atoms with Crippen LogP contribution >= 0.6 is 0 Å². The van der Waals surface area contributed by atoms with Gasteiger partial charge in [-0.2, -0.15) is 0 Å². The number of aliphatic carboxylic acids is 1. The molecule has 0 fully saturated rings. The molecule has 0 amide bonds. The normalized spacial score (nSPS) is 9.55. The Hall–Kier alpha value is -1.75. The second kappa shape index (κ2) is 11.1. The van der Waals surface area contributed by atoms with Crippen molar-refractivity contribution >= 4 is 5.97 Å². The Kier molecular flexibility index (Phi) is 10.1. The number of unbranched alkanes of at least 4 members (excludes halogenated alkanes) is 2. The molecule has 0 radical (unpaired) electrons. The Morgan fingerprint density at radius 3 is 2.50 bits per heavy atom. The van der Waals surface area contributed by atoms with Gasteiger partial charge in [-0.1, -0.05) is 25.8 Å². The summed E-state index contributed by atoms with van der Waals surface area (Å²) in [6.07, 6.45) is 3.51. The number of phenols is 1. The monoisotopic (exact) mass is 284 g/mol. The first-order valence-electron chi connectivity index (χ1n) is 6.64. The Balaban J connectivity index is 0.000000796. The van der Waals surface area contributed by atoms with Gasteiger partial charge >= 0.3 is 0 Å². The molecule has 1 rings (SSSR count). The maximum Gasteiger partial charge on any atom is 0.300 e. The summed E-state index contributed by atoms with van der Waals surface area (Å²) in [5, 5.41) is 16.8. The van der Waals surface area contributed by atoms with Gasteiger partial charge in [0.2, 0.25) is 0 Å². The van der Waals surface area contributed by atoms with Gasteiger partial charge in [-0.3, -0.25) is 4.79 Å². The van der Waals surface area contributed by atoms with Crippen LogP contribution < -0.4 is 4.74 Å². The van der Waals surface area contributed by atoms with Crippen LogP contribution in [0.1, 0.15) is 38.7 Å². The number of phenolic OH excluding ortho intramolecular Hbond substituents is 1. The van der Waals surface area contributed by atoms with Crippen molar-refractivity contribution < 1.29 is 24.5 Å². The van der Waals surface area contributed by atoms with E-state index < -0.39 is 5.97 Å². The SMILES string of the molecule is CC(=O)O.CCCCCOCc1ccc(O)c(OC)c1. The van der Waals surface area contributed by atoms with E-state index in [1.807, 2.05) is 6.07 Å². The van der Waals surface area contributed by atoms with E-state index in [-0.39, 0.29) is 5.75 Å². The largest absolute Gasteiger partial charge is 0.504 e. The molecule has 20 heavy (non-hydrogen) atoms. The maximum atomic E-state index is 9.41. The predicted molar refractivity (Wildman–Crippen MR) is 77.1 cm³/mol. The van der Waals surface area contributed by atoms with Crippen LogP contribution in [0, 0.1) is 0 Å². The van der Waals surface area contributed by atoms with Crippen molar-refractivity contribution in [1.82, 2.24) is 0 Å². The van der Waals surface area contributed by atoms with Crippen molar-refractivity contribution in [2.45, 2.75) is 39.7 Å². The molecule has 0 saturated heterocycles. The third kappa shape index (κ3) is 9.22. The Morgan fingerprint density at radius 2 is 1.95 bits per heavy atom. The fourth-order valence-corrected chi connectivity index (χ4v) is 1.46. The van der Waals surface area contributed by atoms with Crippen molar-refractivity contribution in [2.75, 3.05) is 13.7 Å². The molecule has 0 aromatic heterocycles. The second-order valence-corrected chi connectivity index (χ2v) is 4.28. The van der Waals surface area contributed by atoms with Crippen molar-refractivity contribution in [3.05, 3.63) is 23.8 Å². The number of aromatic hydroxyl groups is 1. The molecule has 0 heterocycles. The van der Waals surface area contributed by atoms with Crippen LogP contribution in [0.4, 0.5) is 0 Å². The van der Waals surface area contributed by atoms with Gasteiger partial charge < -0.3 is 19.7 Å². The molecule has 0 unspecified atom stereocenters. The molecule has 0 aliphatic carbocycles. The lowest BCUT2D eigenvalue weighted by Crippen LogP contribution is -1.96. The lowest BCUT2D eigenvalue weighted by molar-refractivity contribution is -0.134. The summed E-state index contributed by atoms with van der Waals surface area (Å²) in [5.74, 6) is -0.174. The molecule has 1 aromatic rings. The van der Waals surface area contributed by atoms with E-state index in [1.165, 1.54) is 12.8 Å². The minimum Gasteiger partial charge on any atom is -0.504 e. The maximum absolute atomic E-state index is 9.41. The number of hydrogen-bond donors (Lipinski definition) is 2. The lowest BCUT2D eigenvalue weighted by Gasteiger charge is -2.07. The van der Waals surface area contributed by atoms with Gasteiger partial charge in [0.05, 0.1) is 13.7 Å². The van der Waals surface area contributed by atoms with Gasteiger partial charge in [-0.05, 0) is 24.1 Å². The van der Waals surface area contributed by atoms with Crippen molar-refractivity contribution in [3.8, 4) is 11.5 Å². The van der Waals surface area contributed by atoms with E-state index in [2.05, 4.69) is 6.92 Å². The van der Waals surface area contributed by atoms with E-state index in [9.17, 15) is 5.11 Å². The standard InChI is InChI=1S/C13H20O3.C2H4O2/c1-3-4-5-8-16-10-11-6-7-12(14)13(9-11)15-2;1-2(3)4/h6-7,9,14H,3-5,8,10H2,1-2H3;1H3,(H,3,4). The first kappa shape index (κ1) is 18.2. The molecular formula is C15H24O5. The van der Waals surface area contributed by atoms with Gasteiger partial charge in [-0.15, -0.1) is 0 Å². The minimum absolute atomic E-state index is 0.164. The number of methoxy groups -OCH3 is 1. The van der Waals surface area contributed by atoms with Gasteiger partial charge in [0.15, 0.2) is 11.5 Å². The third-order valence-corrected chi connectivity index (χ3v) is 2.41. The zero-order chi connectivity index (χ0) is 15.4. The summed E-state index contributed by atoms with van der Waals surface area (Å²) in [6.45, 7) is 4.61. The number of carboxylic acids is 1. The van der Waals surface area contributed by atoms with E-state index >= 15 is 0 Å². The van der Waals surface area contributed by atoms with Crippen LogP contribution in [0.3, 0.4) is 0 Å². The molecule has 114 valence electrons. The van der Waals surface area contributed by atoms with Gasteiger partial charge in [0, 0.05) is 13.5 Å². The fourth-order valence-electron chi connectivity index (χ4n) is 1.46. The van der Waals surface area contributed by atoms with E-state index in [4.69, 9.17) is 19.4 Å². The summed E-state index contributed by atoms with van der Waals surface area (Å²) in [5.41, 5.74) is 1.02. The molecule has 5 nitrogen and oxygen atoms in total. The number of benzene rings is 1. The van der Waals surface area contributed by atoms with Crippen LogP contribution in [0.25, 0.3) is 0 Å². The van der Waals surface area contributed by atoms with Gasteiger partial charge in [-0.25, -0.2) is 0 Å². The third-order valence-electron chi connectivity index (χ3n) is 2.41. The van der Waals surface area contributed by atoms with E-state index in [0.29, 0.717) is 12.4 Å². The zero-order valence-electron chi connectivity index (χ0n) is 12.4. The minimum atomic E-state index is -0.833. The number of carboxylic acid groups (broad SMARTS) is 1. The Morgan fingerprint density at radius 1 is 1.30 bits per heavy atom. The highest BCUT2D eigenvalue weighted by molar-refractivity contribution is 5.62. The summed E-state index contributed by atoms with van der Waals surface area (Å²) in [7, 11) is 1.54. The van der Waals surface area contributed by atoms with Crippen LogP contribution in [0.15, 0.2) is 18.2 Å². The summed E-state index contributed by atoms with van der Waals surface area (Å²) >= 11 is 0. The quantitative estimate of drug-likeness (QED) is 0.752. The lowest BCUT2D eigenvalue weighted by atomic mass is 10.2. The topological polar surface area (TPSA) is 76.0 Å². The molecule has 1 aromatic carbocycles. The summed E-state index contributed by atoms with van der Waals surface area (Å²) in [4.78, 5) is 9.00. The Bertz CT molecular complexity index is 386. The first-order chi connectivity index (χ1) is 9.51. The molecule has 0 aliphatic rings. The summed E-state index contributed by atoms with van der Waals surface area (Å²) in [6, 6.07) is 5.27. The molecule has 0 bridgehead atoms. The highest BCUT2D eigenvalue weighted by atomic mass is 16.5. The van der Waals surface area contributed by atoms with E-state index in [0.717, 1.165) is 25.5 Å².